The summed E-state index contributed by atoms with van der Waals surface area (Å²) in [6, 6.07) is 4.30. The summed E-state index contributed by atoms with van der Waals surface area (Å²) in [6.07, 6.45) is 1.93. The van der Waals surface area contributed by atoms with E-state index in [9.17, 15) is 32.8 Å². The first-order valence-corrected chi connectivity index (χ1v) is 16.1. The highest BCUT2D eigenvalue weighted by molar-refractivity contribution is 5.92. The lowest BCUT2D eigenvalue weighted by atomic mass is 10.0. The topological polar surface area (TPSA) is 151 Å². The smallest absolute Gasteiger partial charge is 0.420 e. The van der Waals surface area contributed by atoms with E-state index in [-0.39, 0.29) is 30.1 Å². The number of allylic oxidation sites excluding steroid dienone is 1. The summed E-state index contributed by atoms with van der Waals surface area (Å²) in [6.45, 7) is 4.07. The molecule has 2 heterocycles. The van der Waals surface area contributed by atoms with Crippen molar-refractivity contribution in [3.8, 4) is 11.5 Å². The number of hydrogen-bond acceptors (Lipinski definition) is 9. The number of aromatic nitrogens is 3. The first-order chi connectivity index (χ1) is 24.9. The minimum atomic E-state index is -1.33. The fourth-order valence-corrected chi connectivity index (χ4v) is 5.00. The number of likely N-dealkylation sites (N-methyl/N-ethyl adjacent to an activating group) is 1. The number of carbonyl (C=O) groups is 4. The normalized spacial score (nSPS) is 12.1. The summed E-state index contributed by atoms with van der Waals surface area (Å²) < 4.78 is 76.0. The van der Waals surface area contributed by atoms with Crippen LogP contribution in [0.5, 0.6) is 11.5 Å². The number of hydrogen-bond donors (Lipinski definition) is 1. The second-order valence-corrected chi connectivity index (χ2v) is 12.9. The summed E-state index contributed by atoms with van der Waals surface area (Å²) >= 11 is 0. The van der Waals surface area contributed by atoms with Gasteiger partial charge in [0.05, 0.1) is 19.7 Å². The molecule has 0 saturated heterocycles. The van der Waals surface area contributed by atoms with Crippen molar-refractivity contribution >= 4 is 34.9 Å². The molecule has 0 unspecified atom stereocenters. The van der Waals surface area contributed by atoms with Crippen LogP contribution in [0.15, 0.2) is 59.5 Å². The standard InChI is InChI=1S/C36H37F4N5O8/c1-36(2,3)53-35(50)45-28(42-30-31(45)23(39)18-24(40)32(30)52-27-14-13-21(37)17-22(27)38)19-44-15-9-10-20(33(44)48)16-26(46)25(41-34(49)51-6)11-7-8-12-29(47)43(4)5/h8-10,12-15,17-18,25H,7,11,16,19H2,1-6H3,(H,41,49)/b12-8+/t25-/m0/s1. The van der Waals surface area contributed by atoms with Crippen LogP contribution in [0.25, 0.3) is 11.0 Å². The number of benzene rings is 2. The van der Waals surface area contributed by atoms with Crippen molar-refractivity contribution < 1.29 is 51.0 Å². The van der Waals surface area contributed by atoms with E-state index in [0.29, 0.717) is 16.7 Å². The molecule has 2 aromatic heterocycles. The molecule has 0 fully saturated rings. The van der Waals surface area contributed by atoms with Crippen molar-refractivity contribution in [1.29, 1.82) is 0 Å². The molecule has 2 aromatic carbocycles. The van der Waals surface area contributed by atoms with Crippen LogP contribution in [-0.2, 0) is 32.0 Å². The Kier molecular flexibility index (Phi) is 12.4. The van der Waals surface area contributed by atoms with Crippen molar-refractivity contribution in [2.45, 2.75) is 58.2 Å². The Morgan fingerprint density at radius 1 is 1.02 bits per heavy atom. The van der Waals surface area contributed by atoms with E-state index in [1.54, 1.807) is 34.9 Å². The lowest BCUT2D eigenvalue weighted by Crippen LogP contribution is -2.42. The predicted octanol–water partition coefficient (Wildman–Crippen LogP) is 5.64. The van der Waals surface area contributed by atoms with Gasteiger partial charge in [-0.1, -0.05) is 12.1 Å². The van der Waals surface area contributed by atoms with Crippen LogP contribution in [0.1, 0.15) is 45.0 Å². The van der Waals surface area contributed by atoms with Crippen LogP contribution >= 0.6 is 0 Å². The summed E-state index contributed by atoms with van der Waals surface area (Å²) in [7, 11) is 4.25. The lowest BCUT2D eigenvalue weighted by molar-refractivity contribution is -0.123. The molecule has 4 rings (SSSR count). The van der Waals surface area contributed by atoms with Gasteiger partial charge < -0.3 is 29.0 Å². The first kappa shape index (κ1) is 39.8. The summed E-state index contributed by atoms with van der Waals surface area (Å²) in [5.41, 5.74) is -3.06. The number of halogens is 4. The summed E-state index contributed by atoms with van der Waals surface area (Å²) in [5, 5.41) is 2.43. The maximum Gasteiger partial charge on any atom is 0.420 e. The lowest BCUT2D eigenvalue weighted by Gasteiger charge is -2.21. The molecule has 0 bridgehead atoms. The van der Waals surface area contributed by atoms with Crippen LogP contribution in [0.2, 0.25) is 0 Å². The number of nitrogens with zero attached hydrogens (tertiary/aromatic N) is 4. The second-order valence-electron chi connectivity index (χ2n) is 12.9. The van der Waals surface area contributed by atoms with Gasteiger partial charge in [-0.25, -0.2) is 36.7 Å². The zero-order chi connectivity index (χ0) is 39.2. The van der Waals surface area contributed by atoms with E-state index in [2.05, 4.69) is 15.0 Å². The SMILES string of the molecule is COC(=O)N[C@@H](CC/C=C/C(=O)N(C)C)C(=O)Cc1cccn(Cc2nc3c(Oc4ccc(F)cc4F)c(F)cc(F)c3n2C(=O)OC(C)(C)C)c1=O. The van der Waals surface area contributed by atoms with E-state index in [0.717, 1.165) is 23.8 Å². The van der Waals surface area contributed by atoms with E-state index >= 15 is 8.78 Å². The molecule has 0 radical (unpaired) electrons. The number of methoxy groups -OCH3 is 1. The van der Waals surface area contributed by atoms with Crippen molar-refractivity contribution in [3.63, 3.8) is 0 Å². The van der Waals surface area contributed by atoms with Crippen LogP contribution in [-0.4, -0.2) is 75.7 Å². The molecular formula is C36H37F4N5O8. The maximum absolute atomic E-state index is 15.5. The largest absolute Gasteiger partial charge is 0.453 e. The molecule has 17 heteroatoms. The fourth-order valence-electron chi connectivity index (χ4n) is 5.00. The average molecular weight is 744 g/mol. The van der Waals surface area contributed by atoms with Crippen molar-refractivity contribution in [2.75, 3.05) is 21.2 Å². The van der Waals surface area contributed by atoms with Gasteiger partial charge in [-0.15, -0.1) is 0 Å². The van der Waals surface area contributed by atoms with E-state index in [1.807, 2.05) is 0 Å². The van der Waals surface area contributed by atoms with Gasteiger partial charge in [0, 0.05) is 44.4 Å². The van der Waals surface area contributed by atoms with E-state index in [4.69, 9.17) is 9.47 Å². The summed E-state index contributed by atoms with van der Waals surface area (Å²) in [4.78, 5) is 70.0. The fraction of sp³-hybridized carbons (Fsp3) is 0.333. The number of ketones is 1. The third-order valence-electron chi connectivity index (χ3n) is 7.51. The molecule has 0 spiro atoms. The number of fused-ring (bicyclic) bond motifs is 1. The van der Waals surface area contributed by atoms with Gasteiger partial charge in [-0.2, -0.15) is 0 Å². The van der Waals surface area contributed by atoms with Crippen molar-refractivity contribution in [1.82, 2.24) is 24.3 Å². The number of alkyl carbamates (subject to hydrolysis) is 1. The number of nitrogens with one attached hydrogen (secondary N) is 1. The van der Waals surface area contributed by atoms with Gasteiger partial charge in [0.2, 0.25) is 5.91 Å². The third kappa shape index (κ3) is 9.87. The molecule has 1 N–H and O–H groups in total. The molecule has 0 aliphatic carbocycles. The van der Waals surface area contributed by atoms with E-state index < -0.39 is 93.9 Å². The Bertz CT molecular complexity index is 2140. The highest BCUT2D eigenvalue weighted by Crippen LogP contribution is 2.36. The zero-order valence-electron chi connectivity index (χ0n) is 29.7. The Morgan fingerprint density at radius 2 is 1.74 bits per heavy atom. The van der Waals surface area contributed by atoms with Crippen molar-refractivity contribution in [2.24, 2.45) is 0 Å². The molecule has 0 saturated carbocycles. The highest BCUT2D eigenvalue weighted by atomic mass is 19.1. The predicted molar refractivity (Wildman–Crippen MR) is 183 cm³/mol. The number of ether oxygens (including phenoxy) is 3. The number of amides is 2. The molecular weight excluding hydrogens is 706 g/mol. The summed E-state index contributed by atoms with van der Waals surface area (Å²) in [5.74, 6) is -7.35. The minimum absolute atomic E-state index is 0.0274. The van der Waals surface area contributed by atoms with Crippen LogP contribution in [0, 0.1) is 23.3 Å². The molecule has 13 nitrogen and oxygen atoms in total. The molecule has 2 amide bonds. The molecule has 53 heavy (non-hydrogen) atoms. The molecule has 0 aliphatic heterocycles. The van der Waals surface area contributed by atoms with Crippen LogP contribution in [0.4, 0.5) is 27.2 Å². The van der Waals surface area contributed by atoms with Crippen LogP contribution < -0.4 is 15.6 Å². The van der Waals surface area contributed by atoms with Gasteiger partial charge in [-0.05, 0) is 57.9 Å². The Morgan fingerprint density at radius 3 is 2.38 bits per heavy atom. The number of carbonyl (C=O) groups excluding carboxylic acids is 4. The maximum atomic E-state index is 15.5. The van der Waals surface area contributed by atoms with E-state index in [1.165, 1.54) is 35.4 Å². The molecule has 1 atom stereocenters. The van der Waals surface area contributed by atoms with Gasteiger partial charge in [0.1, 0.15) is 28.3 Å². The molecule has 0 aliphatic rings. The monoisotopic (exact) mass is 743 g/mol. The quantitative estimate of drug-likeness (QED) is 0.144. The first-order valence-electron chi connectivity index (χ1n) is 16.1. The number of rotatable bonds is 12. The Balaban J connectivity index is 1.73. The van der Waals surface area contributed by atoms with Gasteiger partial charge in [-0.3, -0.25) is 14.4 Å². The molecule has 282 valence electrons. The zero-order valence-corrected chi connectivity index (χ0v) is 29.7. The Hall–Kier alpha value is -6.00. The number of pyridine rings is 1. The van der Waals surface area contributed by atoms with Crippen molar-refractivity contribution in [3.05, 3.63) is 99.8 Å². The molecule has 4 aromatic rings. The minimum Gasteiger partial charge on any atom is -0.453 e. The number of imidazole rings is 1. The average Bonchev–Trinajstić information content (AvgIpc) is 3.45. The second kappa shape index (κ2) is 16.6. The van der Waals surface area contributed by atoms with Gasteiger partial charge in [0.25, 0.3) is 5.56 Å². The van der Waals surface area contributed by atoms with Gasteiger partial charge in [0.15, 0.2) is 34.7 Å². The highest BCUT2D eigenvalue weighted by Gasteiger charge is 2.30. The van der Waals surface area contributed by atoms with Crippen LogP contribution in [0.3, 0.4) is 0 Å². The van der Waals surface area contributed by atoms with Gasteiger partial charge >= 0.3 is 12.2 Å². The number of Topliss-reactive ketones (excluding diaryl/α,β-unsaturated/α-hetero) is 1. The Labute approximate surface area is 300 Å². The third-order valence-corrected chi connectivity index (χ3v) is 7.51.